The molecule has 0 spiro atoms. The molecule has 1 aliphatic rings. The number of aliphatic hydroxyl groups is 1. The van der Waals surface area contributed by atoms with E-state index in [0.717, 1.165) is 16.7 Å². The molecule has 39 heavy (non-hydrogen) atoms. The van der Waals surface area contributed by atoms with Crippen LogP contribution in [0, 0.1) is 0 Å². The van der Waals surface area contributed by atoms with Gasteiger partial charge in [-0.25, -0.2) is 0 Å². The zero-order chi connectivity index (χ0) is 26.7. The Morgan fingerprint density at radius 3 is 1.38 bits per heavy atom. The summed E-state index contributed by atoms with van der Waals surface area (Å²) >= 11 is 0. The van der Waals surface area contributed by atoms with E-state index in [-0.39, 0.29) is 6.61 Å². The Labute approximate surface area is 229 Å². The normalized spacial score (nSPS) is 22.8. The van der Waals surface area contributed by atoms with E-state index in [1.807, 2.05) is 121 Å². The molecule has 0 radical (unpaired) electrons. The first-order valence-electron chi connectivity index (χ1n) is 13.2. The highest BCUT2D eigenvalue weighted by molar-refractivity contribution is 5.22. The van der Waals surface area contributed by atoms with Crippen molar-refractivity contribution in [3.63, 3.8) is 0 Å². The van der Waals surface area contributed by atoms with Gasteiger partial charge in [-0.3, -0.25) is 0 Å². The average Bonchev–Trinajstić information content (AvgIpc) is 3.00. The first kappa shape index (κ1) is 27.1. The zero-order valence-electron chi connectivity index (χ0n) is 21.8. The van der Waals surface area contributed by atoms with E-state index in [1.54, 1.807) is 0 Å². The van der Waals surface area contributed by atoms with Gasteiger partial charge >= 0.3 is 0 Å². The lowest BCUT2D eigenvalue weighted by molar-refractivity contribution is -0.308. The molecule has 202 valence electrons. The van der Waals surface area contributed by atoms with E-state index < -0.39 is 30.7 Å². The Kier molecular flexibility index (Phi) is 9.74. The Balaban J connectivity index is 1.44. The molecule has 0 aromatic heterocycles. The molecule has 6 heteroatoms. The number of ether oxygens (including phenoxy) is 5. The molecule has 5 rings (SSSR count). The van der Waals surface area contributed by atoms with Crippen LogP contribution >= 0.6 is 0 Å². The van der Waals surface area contributed by atoms with Gasteiger partial charge < -0.3 is 28.8 Å². The first-order valence-corrected chi connectivity index (χ1v) is 13.2. The smallest absolute Gasteiger partial charge is 0.229 e. The van der Waals surface area contributed by atoms with E-state index in [9.17, 15) is 5.11 Å². The predicted molar refractivity (Wildman–Crippen MR) is 148 cm³/mol. The predicted octanol–water partition coefficient (Wildman–Crippen LogP) is 5.54. The van der Waals surface area contributed by atoms with Gasteiger partial charge in [-0.15, -0.1) is 0 Å². The third-order valence-electron chi connectivity index (χ3n) is 6.62. The van der Waals surface area contributed by atoms with E-state index >= 15 is 0 Å². The van der Waals surface area contributed by atoms with E-state index in [2.05, 4.69) is 0 Å². The molecule has 0 saturated carbocycles. The highest BCUT2D eigenvalue weighted by Gasteiger charge is 2.49. The van der Waals surface area contributed by atoms with Crippen molar-refractivity contribution in [2.45, 2.75) is 50.5 Å². The summed E-state index contributed by atoms with van der Waals surface area (Å²) < 4.78 is 32.1. The van der Waals surface area contributed by atoms with Gasteiger partial charge in [-0.05, 0) is 28.8 Å². The van der Waals surface area contributed by atoms with E-state index in [1.165, 1.54) is 0 Å². The van der Waals surface area contributed by atoms with Gasteiger partial charge in [0.25, 0.3) is 0 Å². The molecular formula is C33H34O6. The van der Waals surface area contributed by atoms with Crippen LogP contribution in [0.15, 0.2) is 121 Å². The highest BCUT2D eigenvalue weighted by Crippen LogP contribution is 2.32. The number of rotatable bonds is 12. The second-order valence-electron chi connectivity index (χ2n) is 9.44. The fourth-order valence-corrected chi connectivity index (χ4v) is 4.62. The standard InChI is InChI=1S/C33H34O6/c34-21-29-30(35-22-25-13-5-1-6-14-25)31(36-23-26-15-7-2-8-16-26)32(37-24-27-17-9-3-10-18-27)33(39-29)38-28-19-11-4-12-20-28/h1-20,29-34H,21-24H2/t29-,30+,31+,32-,33+/m1/s1. The quantitative estimate of drug-likeness (QED) is 0.262. The molecule has 4 aromatic rings. The molecule has 5 atom stereocenters. The highest BCUT2D eigenvalue weighted by atomic mass is 16.7. The van der Waals surface area contributed by atoms with Crippen LogP contribution in [0.1, 0.15) is 16.7 Å². The number of benzene rings is 4. The SMILES string of the molecule is OC[C@H]1O[C@H](Oc2ccccc2)[C@H](OCc2ccccc2)[C@@H](OCc2ccccc2)[C@H]1OCc1ccccc1. The molecule has 1 saturated heterocycles. The van der Waals surface area contributed by atoms with Crippen LogP contribution in [-0.4, -0.2) is 42.4 Å². The molecule has 4 aromatic carbocycles. The maximum absolute atomic E-state index is 10.4. The van der Waals surface area contributed by atoms with Gasteiger partial charge in [0.1, 0.15) is 30.2 Å². The van der Waals surface area contributed by atoms with Crippen molar-refractivity contribution in [2.24, 2.45) is 0 Å². The zero-order valence-corrected chi connectivity index (χ0v) is 21.8. The second kappa shape index (κ2) is 14.0. The van der Waals surface area contributed by atoms with E-state index in [0.29, 0.717) is 25.6 Å². The molecule has 0 amide bonds. The minimum atomic E-state index is -0.828. The van der Waals surface area contributed by atoms with Gasteiger partial charge in [0, 0.05) is 0 Å². The van der Waals surface area contributed by atoms with Crippen LogP contribution in [0.5, 0.6) is 5.75 Å². The van der Waals surface area contributed by atoms with Crippen LogP contribution in [0.4, 0.5) is 0 Å². The summed E-state index contributed by atoms with van der Waals surface area (Å²) in [5, 5.41) is 10.4. The summed E-state index contributed by atoms with van der Waals surface area (Å²) in [6.07, 6.45) is -3.34. The molecule has 6 nitrogen and oxygen atoms in total. The van der Waals surface area contributed by atoms with Crippen molar-refractivity contribution in [2.75, 3.05) is 6.61 Å². The minimum Gasteiger partial charge on any atom is -0.462 e. The number of para-hydroxylation sites is 1. The molecular weight excluding hydrogens is 492 g/mol. The Hall–Kier alpha value is -3.52. The van der Waals surface area contributed by atoms with E-state index in [4.69, 9.17) is 23.7 Å². The largest absolute Gasteiger partial charge is 0.462 e. The number of hydrogen-bond acceptors (Lipinski definition) is 6. The van der Waals surface area contributed by atoms with Crippen molar-refractivity contribution < 1.29 is 28.8 Å². The third kappa shape index (κ3) is 7.53. The van der Waals surface area contributed by atoms with Gasteiger partial charge in [-0.1, -0.05) is 109 Å². The van der Waals surface area contributed by atoms with Crippen LogP contribution < -0.4 is 4.74 Å². The monoisotopic (exact) mass is 526 g/mol. The Morgan fingerprint density at radius 1 is 0.513 bits per heavy atom. The fourth-order valence-electron chi connectivity index (χ4n) is 4.62. The Morgan fingerprint density at radius 2 is 0.923 bits per heavy atom. The van der Waals surface area contributed by atoms with Crippen molar-refractivity contribution in [1.29, 1.82) is 0 Å². The summed E-state index contributed by atoms with van der Waals surface area (Å²) in [7, 11) is 0. The maximum Gasteiger partial charge on any atom is 0.229 e. The average molecular weight is 527 g/mol. The molecule has 1 heterocycles. The van der Waals surface area contributed by atoms with Crippen LogP contribution in [0.3, 0.4) is 0 Å². The lowest BCUT2D eigenvalue weighted by Gasteiger charge is -2.45. The van der Waals surface area contributed by atoms with Gasteiger partial charge in [-0.2, -0.15) is 0 Å². The first-order chi connectivity index (χ1) is 19.3. The van der Waals surface area contributed by atoms with Crippen LogP contribution in [0.2, 0.25) is 0 Å². The molecule has 1 aliphatic heterocycles. The van der Waals surface area contributed by atoms with Crippen molar-refractivity contribution in [1.82, 2.24) is 0 Å². The minimum absolute atomic E-state index is 0.259. The summed E-state index contributed by atoms with van der Waals surface area (Å²) in [6, 6.07) is 39.3. The lowest BCUT2D eigenvalue weighted by Crippen LogP contribution is -2.62. The lowest BCUT2D eigenvalue weighted by atomic mass is 9.97. The summed E-state index contributed by atoms with van der Waals surface area (Å²) in [5.41, 5.74) is 3.05. The summed E-state index contributed by atoms with van der Waals surface area (Å²) in [5.74, 6) is 0.637. The maximum atomic E-state index is 10.4. The topological polar surface area (TPSA) is 66.4 Å². The molecule has 0 bridgehead atoms. The second-order valence-corrected chi connectivity index (χ2v) is 9.44. The van der Waals surface area contributed by atoms with Crippen molar-refractivity contribution in [3.05, 3.63) is 138 Å². The summed E-state index contributed by atoms with van der Waals surface area (Å²) in [4.78, 5) is 0. The molecule has 0 aliphatic carbocycles. The van der Waals surface area contributed by atoms with Crippen molar-refractivity contribution >= 4 is 0 Å². The van der Waals surface area contributed by atoms with Crippen molar-refractivity contribution in [3.8, 4) is 5.75 Å². The molecule has 1 N–H and O–H groups in total. The molecule has 1 fully saturated rings. The Bertz CT molecular complexity index is 1220. The summed E-state index contributed by atoms with van der Waals surface area (Å²) in [6.45, 7) is 0.763. The third-order valence-corrected chi connectivity index (χ3v) is 6.62. The number of aliphatic hydroxyl groups excluding tert-OH is 1. The fraction of sp³-hybridized carbons (Fsp3) is 0.273. The molecule has 0 unspecified atom stereocenters. The van der Waals surface area contributed by atoms with Crippen LogP contribution in [0.25, 0.3) is 0 Å². The van der Waals surface area contributed by atoms with Gasteiger partial charge in [0.05, 0.1) is 26.4 Å². The number of hydrogen-bond donors (Lipinski definition) is 1. The van der Waals surface area contributed by atoms with Crippen LogP contribution in [-0.2, 0) is 38.8 Å². The van der Waals surface area contributed by atoms with Gasteiger partial charge in [0.2, 0.25) is 6.29 Å². The van der Waals surface area contributed by atoms with Gasteiger partial charge in [0.15, 0.2) is 0 Å².